The van der Waals surface area contributed by atoms with Crippen LogP contribution in [0.1, 0.15) is 0 Å². The number of aromatic amines is 1. The second kappa shape index (κ2) is 5.89. The molecule has 0 bridgehead atoms. The predicted molar refractivity (Wildman–Crippen MR) is 104 cm³/mol. The number of aromatic nitrogens is 1. The molecule has 0 fully saturated rings. The Morgan fingerprint density at radius 3 is 2.31 bits per heavy atom. The van der Waals surface area contributed by atoms with Crippen molar-refractivity contribution in [1.29, 1.82) is 0 Å². The maximum absolute atomic E-state index is 12.6. The van der Waals surface area contributed by atoms with E-state index in [2.05, 4.69) is 9.71 Å². The van der Waals surface area contributed by atoms with E-state index < -0.39 is 10.0 Å². The minimum absolute atomic E-state index is 0.0951. The average molecular weight is 365 g/mol. The molecule has 0 saturated carbocycles. The van der Waals surface area contributed by atoms with Crippen molar-refractivity contribution in [2.75, 3.05) is 10.5 Å². The summed E-state index contributed by atoms with van der Waals surface area (Å²) in [4.78, 5) is 15.8. The van der Waals surface area contributed by atoms with Gasteiger partial charge in [0, 0.05) is 22.0 Å². The highest BCUT2D eigenvalue weighted by molar-refractivity contribution is 7.92. The summed E-state index contributed by atoms with van der Waals surface area (Å²) in [5, 5.41) is 1.09. The molecule has 6 nitrogen and oxygen atoms in total. The number of hydrogen-bond acceptors (Lipinski definition) is 4. The van der Waals surface area contributed by atoms with Crippen molar-refractivity contribution in [2.45, 2.75) is 4.90 Å². The lowest BCUT2D eigenvalue weighted by Gasteiger charge is -2.10. The number of pyridine rings is 1. The van der Waals surface area contributed by atoms with Gasteiger partial charge in [-0.2, -0.15) is 0 Å². The summed E-state index contributed by atoms with van der Waals surface area (Å²) in [6.45, 7) is 0. The van der Waals surface area contributed by atoms with E-state index in [9.17, 15) is 13.2 Å². The first-order chi connectivity index (χ1) is 12.4. The van der Waals surface area contributed by atoms with Crippen LogP contribution in [0.5, 0.6) is 0 Å². The second-order valence-corrected chi connectivity index (χ2v) is 7.62. The summed E-state index contributed by atoms with van der Waals surface area (Å²) in [6.07, 6.45) is 0. The third kappa shape index (κ3) is 2.78. The zero-order valence-corrected chi connectivity index (χ0v) is 14.4. The highest BCUT2D eigenvalue weighted by Crippen LogP contribution is 2.21. The highest BCUT2D eigenvalue weighted by atomic mass is 32.2. The molecule has 0 amide bonds. The molecule has 7 heteroatoms. The largest absolute Gasteiger partial charge is 0.399 e. The fraction of sp³-hybridized carbons (Fsp3) is 0. The van der Waals surface area contributed by atoms with Gasteiger partial charge in [0.15, 0.2) is 5.43 Å². The molecule has 0 aliphatic heterocycles. The number of benzene rings is 3. The lowest BCUT2D eigenvalue weighted by molar-refractivity contribution is 0.601. The van der Waals surface area contributed by atoms with E-state index in [-0.39, 0.29) is 10.3 Å². The Bertz CT molecular complexity index is 1290. The van der Waals surface area contributed by atoms with E-state index in [1.807, 2.05) is 6.07 Å². The van der Waals surface area contributed by atoms with Gasteiger partial charge in [-0.1, -0.05) is 12.1 Å². The Morgan fingerprint density at radius 1 is 0.846 bits per heavy atom. The molecule has 0 spiro atoms. The first-order valence-electron chi connectivity index (χ1n) is 7.87. The van der Waals surface area contributed by atoms with Gasteiger partial charge >= 0.3 is 0 Å². The molecular weight excluding hydrogens is 350 g/mol. The van der Waals surface area contributed by atoms with Crippen molar-refractivity contribution in [1.82, 2.24) is 4.98 Å². The monoisotopic (exact) mass is 365 g/mol. The van der Waals surface area contributed by atoms with Crippen molar-refractivity contribution in [3.63, 3.8) is 0 Å². The van der Waals surface area contributed by atoms with Crippen LogP contribution in [0.25, 0.3) is 21.8 Å². The number of rotatable bonds is 3. The maximum Gasteiger partial charge on any atom is 0.261 e. The van der Waals surface area contributed by atoms with E-state index in [0.717, 1.165) is 0 Å². The van der Waals surface area contributed by atoms with Crippen molar-refractivity contribution >= 4 is 43.2 Å². The van der Waals surface area contributed by atoms with Crippen molar-refractivity contribution in [3.05, 3.63) is 77.0 Å². The van der Waals surface area contributed by atoms with Crippen LogP contribution < -0.4 is 15.9 Å². The fourth-order valence-electron chi connectivity index (χ4n) is 2.85. The molecule has 0 radical (unpaired) electrons. The fourth-order valence-corrected chi connectivity index (χ4v) is 3.90. The number of para-hydroxylation sites is 1. The van der Waals surface area contributed by atoms with Gasteiger partial charge in [-0.3, -0.25) is 9.52 Å². The lowest BCUT2D eigenvalue weighted by Crippen LogP contribution is -2.13. The third-order valence-corrected chi connectivity index (χ3v) is 5.55. The zero-order chi connectivity index (χ0) is 18.3. The number of nitrogen functional groups attached to an aromatic ring is 1. The van der Waals surface area contributed by atoms with E-state index in [0.29, 0.717) is 33.2 Å². The quantitative estimate of drug-likeness (QED) is 0.383. The van der Waals surface area contributed by atoms with E-state index in [1.165, 1.54) is 24.3 Å². The highest BCUT2D eigenvalue weighted by Gasteiger charge is 2.14. The normalized spacial score (nSPS) is 11.7. The van der Waals surface area contributed by atoms with Gasteiger partial charge in [0.1, 0.15) is 0 Å². The maximum atomic E-state index is 12.6. The standard InChI is InChI=1S/C19H15N3O3S/c20-12-5-8-14(9-6-12)26(24,25)22-13-7-10-16-18(11-13)21-17-4-2-1-3-15(17)19(16)23/h1-11,22H,20H2,(H,21,23). The Morgan fingerprint density at radius 2 is 1.54 bits per heavy atom. The molecule has 0 saturated heterocycles. The number of anilines is 2. The molecule has 3 aromatic carbocycles. The van der Waals surface area contributed by atoms with Crippen LogP contribution in [-0.2, 0) is 10.0 Å². The summed E-state index contributed by atoms with van der Waals surface area (Å²) in [5.74, 6) is 0. The predicted octanol–water partition coefficient (Wildman–Crippen LogP) is 3.06. The Labute approximate surface area is 149 Å². The summed E-state index contributed by atoms with van der Waals surface area (Å²) in [6, 6.07) is 17.9. The van der Waals surface area contributed by atoms with Crippen LogP contribution in [-0.4, -0.2) is 13.4 Å². The van der Waals surface area contributed by atoms with Crippen molar-refractivity contribution in [3.8, 4) is 0 Å². The van der Waals surface area contributed by atoms with Gasteiger partial charge in [0.2, 0.25) is 0 Å². The number of H-pyrrole nitrogens is 1. The molecule has 1 heterocycles. The van der Waals surface area contributed by atoms with Gasteiger partial charge in [0.05, 0.1) is 16.1 Å². The molecule has 130 valence electrons. The van der Waals surface area contributed by atoms with Gasteiger partial charge < -0.3 is 10.7 Å². The summed E-state index contributed by atoms with van der Waals surface area (Å²) < 4.78 is 27.5. The van der Waals surface area contributed by atoms with Crippen LogP contribution in [0.2, 0.25) is 0 Å². The minimum Gasteiger partial charge on any atom is -0.399 e. The van der Waals surface area contributed by atoms with Gasteiger partial charge in [-0.25, -0.2) is 8.42 Å². The molecule has 0 unspecified atom stereocenters. The van der Waals surface area contributed by atoms with Gasteiger partial charge in [0.25, 0.3) is 10.0 Å². The smallest absolute Gasteiger partial charge is 0.261 e. The van der Waals surface area contributed by atoms with Crippen molar-refractivity contribution in [2.24, 2.45) is 0 Å². The molecule has 0 atom stereocenters. The van der Waals surface area contributed by atoms with Crippen LogP contribution in [0, 0.1) is 0 Å². The lowest BCUT2D eigenvalue weighted by atomic mass is 10.1. The molecule has 4 aromatic rings. The Kier molecular flexibility index (Phi) is 3.66. The van der Waals surface area contributed by atoms with E-state index >= 15 is 0 Å². The Hall–Kier alpha value is -3.32. The molecule has 0 aliphatic rings. The molecule has 4 rings (SSSR count). The zero-order valence-electron chi connectivity index (χ0n) is 13.6. The van der Waals surface area contributed by atoms with Gasteiger partial charge in [-0.05, 0) is 54.6 Å². The van der Waals surface area contributed by atoms with E-state index in [4.69, 9.17) is 5.73 Å². The number of fused-ring (bicyclic) bond motifs is 2. The van der Waals surface area contributed by atoms with Crippen LogP contribution >= 0.6 is 0 Å². The number of nitrogens with one attached hydrogen (secondary N) is 2. The molecular formula is C19H15N3O3S. The summed E-state index contributed by atoms with van der Waals surface area (Å²) >= 11 is 0. The second-order valence-electron chi connectivity index (χ2n) is 5.93. The third-order valence-electron chi connectivity index (χ3n) is 4.15. The van der Waals surface area contributed by atoms with Crippen molar-refractivity contribution < 1.29 is 8.42 Å². The molecule has 4 N–H and O–H groups in total. The first kappa shape index (κ1) is 16.2. The molecule has 0 aliphatic carbocycles. The minimum atomic E-state index is -3.75. The number of hydrogen-bond donors (Lipinski definition) is 3. The van der Waals surface area contributed by atoms with Crippen LogP contribution in [0.3, 0.4) is 0 Å². The Balaban J connectivity index is 1.79. The average Bonchev–Trinajstić information content (AvgIpc) is 2.62. The summed E-state index contributed by atoms with van der Waals surface area (Å²) in [7, 11) is -3.75. The molecule has 1 aromatic heterocycles. The van der Waals surface area contributed by atoms with E-state index in [1.54, 1.807) is 36.4 Å². The number of sulfonamides is 1. The topological polar surface area (TPSA) is 105 Å². The first-order valence-corrected chi connectivity index (χ1v) is 9.35. The number of nitrogens with two attached hydrogens (primary N) is 1. The molecule has 26 heavy (non-hydrogen) atoms. The van der Waals surface area contributed by atoms with Crippen LogP contribution in [0.4, 0.5) is 11.4 Å². The SMILES string of the molecule is Nc1ccc(S(=O)(=O)Nc2ccc3c(=O)c4ccccc4[nH]c3c2)cc1. The summed E-state index contributed by atoms with van der Waals surface area (Å²) in [5.41, 5.74) is 7.61. The van der Waals surface area contributed by atoms with Gasteiger partial charge in [-0.15, -0.1) is 0 Å². The van der Waals surface area contributed by atoms with Crippen LogP contribution in [0.15, 0.2) is 76.4 Å².